The van der Waals surface area contributed by atoms with E-state index in [-0.39, 0.29) is 24.1 Å². The minimum atomic E-state index is -1.87. The summed E-state index contributed by atoms with van der Waals surface area (Å²) in [5.41, 5.74) is -2.76. The second kappa shape index (κ2) is 9.87. The van der Waals surface area contributed by atoms with E-state index in [0.717, 1.165) is 0 Å². The van der Waals surface area contributed by atoms with Gasteiger partial charge in [0.1, 0.15) is 23.4 Å². The lowest BCUT2D eigenvalue weighted by Gasteiger charge is -2.41. The van der Waals surface area contributed by atoms with E-state index in [1.807, 2.05) is 6.92 Å². The number of esters is 1. The number of fused-ring (bicyclic) bond motifs is 1. The quantitative estimate of drug-likeness (QED) is 0.479. The average molecular weight is 457 g/mol. The van der Waals surface area contributed by atoms with Crippen LogP contribution in [0.15, 0.2) is 0 Å². The van der Waals surface area contributed by atoms with Crippen molar-refractivity contribution in [2.45, 2.75) is 103 Å². The number of hydrogen-bond donors (Lipinski definition) is 2. The van der Waals surface area contributed by atoms with Crippen molar-refractivity contribution in [3.05, 3.63) is 0 Å². The number of cyclic esters (lactones) is 1. The molecule has 0 aromatic heterocycles. The number of ketones is 2. The zero-order valence-corrected chi connectivity index (χ0v) is 20.6. The molecule has 32 heavy (non-hydrogen) atoms. The molecule has 2 aliphatic heterocycles. The predicted molar refractivity (Wildman–Crippen MR) is 117 cm³/mol. The van der Waals surface area contributed by atoms with Crippen LogP contribution in [0, 0.1) is 23.7 Å². The van der Waals surface area contributed by atoms with Gasteiger partial charge < -0.3 is 24.4 Å². The number of rotatable bonds is 2. The maximum absolute atomic E-state index is 13.3. The Morgan fingerprint density at radius 1 is 1.03 bits per heavy atom. The van der Waals surface area contributed by atoms with E-state index >= 15 is 0 Å². The average Bonchev–Trinajstić information content (AvgIpc) is 3.09. The van der Waals surface area contributed by atoms with Crippen molar-refractivity contribution < 1.29 is 38.8 Å². The topological polar surface area (TPSA) is 119 Å². The molecule has 2 saturated heterocycles. The van der Waals surface area contributed by atoms with E-state index in [9.17, 15) is 24.6 Å². The molecule has 0 aliphatic carbocycles. The molecule has 2 rings (SSSR count). The van der Waals surface area contributed by atoms with Crippen LogP contribution in [0.5, 0.6) is 0 Å². The van der Waals surface area contributed by atoms with Gasteiger partial charge in [0.15, 0.2) is 5.78 Å². The number of carbonyl (C=O) groups excluding carboxylic acids is 3. The van der Waals surface area contributed by atoms with E-state index in [1.165, 1.54) is 13.8 Å². The van der Waals surface area contributed by atoms with Crippen molar-refractivity contribution in [2.24, 2.45) is 23.7 Å². The van der Waals surface area contributed by atoms with Crippen LogP contribution in [0.25, 0.3) is 0 Å². The van der Waals surface area contributed by atoms with E-state index in [0.29, 0.717) is 12.8 Å². The van der Waals surface area contributed by atoms with Gasteiger partial charge in [0.05, 0.1) is 23.9 Å². The summed E-state index contributed by atoms with van der Waals surface area (Å²) in [4.78, 5) is 39.3. The first-order chi connectivity index (χ1) is 14.7. The van der Waals surface area contributed by atoms with Gasteiger partial charge in [-0.2, -0.15) is 0 Å². The van der Waals surface area contributed by atoms with Gasteiger partial charge in [-0.25, -0.2) is 0 Å². The molecule has 2 N–H and O–H groups in total. The maximum atomic E-state index is 13.3. The minimum absolute atomic E-state index is 0.191. The lowest BCUT2D eigenvalue weighted by molar-refractivity contribution is -0.191. The fourth-order valence-electron chi connectivity index (χ4n) is 5.52. The fraction of sp³-hybridized carbons (Fsp3) is 0.875. The standard InChI is InChI=1S/C24H40O8/c1-9-17-23(7,29)20(27)14(4)18(25)12(2)10-24(30-8)11-13(3)31-21(24)15(5)19(26)16(6)22(28)32-17/h12-17,20-21,27,29H,9-11H2,1-8H3/t12-,13?,14+,15+,16-,17-,20-,21-,23-,24+/m1/s1. The molecule has 2 aliphatic rings. The molecule has 0 radical (unpaired) electrons. The molecule has 0 spiro atoms. The Morgan fingerprint density at radius 3 is 2.16 bits per heavy atom. The molecule has 0 bridgehead atoms. The molecule has 2 fully saturated rings. The molecule has 8 nitrogen and oxygen atoms in total. The van der Waals surface area contributed by atoms with Gasteiger partial charge in [-0.05, 0) is 33.6 Å². The van der Waals surface area contributed by atoms with Gasteiger partial charge in [0, 0.05) is 31.3 Å². The minimum Gasteiger partial charge on any atom is -0.459 e. The summed E-state index contributed by atoms with van der Waals surface area (Å²) < 4.78 is 17.5. The highest BCUT2D eigenvalue weighted by atomic mass is 16.6. The molecule has 0 saturated carbocycles. The van der Waals surface area contributed by atoms with E-state index < -0.39 is 59.2 Å². The first kappa shape index (κ1) is 26.9. The third-order valence-corrected chi connectivity index (χ3v) is 7.56. The van der Waals surface area contributed by atoms with Crippen molar-refractivity contribution in [1.82, 2.24) is 0 Å². The van der Waals surface area contributed by atoms with E-state index in [2.05, 4.69) is 0 Å². The number of aliphatic hydroxyl groups excluding tert-OH is 1. The van der Waals surface area contributed by atoms with E-state index in [1.54, 1.807) is 34.8 Å². The van der Waals surface area contributed by atoms with Crippen molar-refractivity contribution in [2.75, 3.05) is 7.11 Å². The Kier molecular flexibility index (Phi) is 8.30. The summed E-state index contributed by atoms with van der Waals surface area (Å²) in [6.45, 7) is 11.5. The number of hydrogen-bond acceptors (Lipinski definition) is 8. The molecular formula is C24H40O8. The SMILES string of the molecule is CC[C@H]1OC(=O)[C@H](C)C(=O)[C@H](C)[C@H]2OC(C)C[C@@]2(OC)C[C@@H](C)C(=O)[C@H](C)[C@@H](O)[C@]1(C)O. The summed E-state index contributed by atoms with van der Waals surface area (Å²) in [6.07, 6.45) is -2.36. The largest absolute Gasteiger partial charge is 0.459 e. The predicted octanol–water partition coefficient (Wildman–Crippen LogP) is 2.07. The number of ether oxygens (including phenoxy) is 3. The Hall–Kier alpha value is -1.35. The van der Waals surface area contributed by atoms with Crippen LogP contribution < -0.4 is 0 Å². The van der Waals surface area contributed by atoms with Crippen LogP contribution in [0.4, 0.5) is 0 Å². The monoisotopic (exact) mass is 456 g/mol. The highest BCUT2D eigenvalue weighted by Gasteiger charge is 2.54. The van der Waals surface area contributed by atoms with Crippen molar-refractivity contribution in [1.29, 1.82) is 0 Å². The smallest absolute Gasteiger partial charge is 0.316 e. The number of Topliss-reactive ketones (excluding diaryl/α,β-unsaturated/α-hetero) is 2. The second-order valence-corrected chi connectivity index (χ2v) is 10.1. The van der Waals surface area contributed by atoms with Crippen molar-refractivity contribution in [3.8, 4) is 0 Å². The number of aliphatic hydroxyl groups is 2. The maximum Gasteiger partial charge on any atom is 0.316 e. The van der Waals surface area contributed by atoms with Crippen LogP contribution in [0.1, 0.15) is 67.7 Å². The zero-order chi connectivity index (χ0) is 24.6. The molecule has 8 heteroatoms. The first-order valence-electron chi connectivity index (χ1n) is 11.6. The normalized spacial score (nSPS) is 47.0. The summed E-state index contributed by atoms with van der Waals surface area (Å²) in [5.74, 6) is -4.54. The molecule has 184 valence electrons. The lowest BCUT2D eigenvalue weighted by Crippen LogP contribution is -2.56. The highest BCUT2D eigenvalue weighted by Crippen LogP contribution is 2.43. The van der Waals surface area contributed by atoms with Crippen LogP contribution in [-0.4, -0.2) is 70.5 Å². The van der Waals surface area contributed by atoms with Crippen LogP contribution in [0.2, 0.25) is 0 Å². The summed E-state index contributed by atoms with van der Waals surface area (Å²) in [5, 5.41) is 22.0. The van der Waals surface area contributed by atoms with Crippen LogP contribution >= 0.6 is 0 Å². The van der Waals surface area contributed by atoms with Gasteiger partial charge >= 0.3 is 5.97 Å². The molecular weight excluding hydrogens is 416 g/mol. The Balaban J connectivity index is 2.56. The van der Waals surface area contributed by atoms with Gasteiger partial charge in [-0.1, -0.05) is 27.7 Å². The Bertz CT molecular complexity index is 719. The van der Waals surface area contributed by atoms with Gasteiger partial charge in [-0.15, -0.1) is 0 Å². The molecule has 1 unspecified atom stereocenters. The van der Waals surface area contributed by atoms with Crippen molar-refractivity contribution >= 4 is 17.5 Å². The molecule has 0 aromatic rings. The molecule has 10 atom stereocenters. The van der Waals surface area contributed by atoms with Crippen LogP contribution in [0.3, 0.4) is 0 Å². The molecule has 2 heterocycles. The zero-order valence-electron chi connectivity index (χ0n) is 20.6. The highest BCUT2D eigenvalue weighted by molar-refractivity contribution is 6.00. The Morgan fingerprint density at radius 2 is 1.62 bits per heavy atom. The third kappa shape index (κ3) is 4.79. The summed E-state index contributed by atoms with van der Waals surface area (Å²) >= 11 is 0. The second-order valence-electron chi connectivity index (χ2n) is 10.1. The van der Waals surface area contributed by atoms with E-state index in [4.69, 9.17) is 14.2 Å². The van der Waals surface area contributed by atoms with Gasteiger partial charge in [0.25, 0.3) is 0 Å². The van der Waals surface area contributed by atoms with Gasteiger partial charge in [0.2, 0.25) is 0 Å². The fourth-order valence-corrected chi connectivity index (χ4v) is 5.52. The number of carbonyl (C=O) groups is 3. The lowest BCUT2D eigenvalue weighted by atomic mass is 9.73. The number of methoxy groups -OCH3 is 1. The molecule has 0 amide bonds. The van der Waals surface area contributed by atoms with Gasteiger partial charge in [-0.3, -0.25) is 14.4 Å². The van der Waals surface area contributed by atoms with Crippen molar-refractivity contribution in [3.63, 3.8) is 0 Å². The summed E-state index contributed by atoms with van der Waals surface area (Å²) in [7, 11) is 1.54. The first-order valence-corrected chi connectivity index (χ1v) is 11.6. The Labute approximate surface area is 191 Å². The van der Waals surface area contributed by atoms with Crippen LogP contribution in [-0.2, 0) is 28.6 Å². The summed E-state index contributed by atoms with van der Waals surface area (Å²) in [6, 6.07) is 0. The molecule has 0 aromatic carbocycles. The third-order valence-electron chi connectivity index (χ3n) is 7.56.